The van der Waals surface area contributed by atoms with Gasteiger partial charge in [0.05, 0.1) is 16.6 Å². The van der Waals surface area contributed by atoms with Crippen molar-refractivity contribution in [1.82, 2.24) is 0 Å². The van der Waals surface area contributed by atoms with Crippen LogP contribution in [0.4, 0.5) is 5.00 Å². The Morgan fingerprint density at radius 1 is 1.32 bits per heavy atom. The lowest BCUT2D eigenvalue weighted by Gasteiger charge is -2.04. The highest BCUT2D eigenvalue weighted by Crippen LogP contribution is 2.34. The Hall–Kier alpha value is -1.65. The lowest BCUT2D eigenvalue weighted by atomic mass is 10.0. The molecule has 0 radical (unpaired) electrons. The van der Waals surface area contributed by atoms with E-state index in [1.54, 1.807) is 7.05 Å². The zero-order valence-corrected chi connectivity index (χ0v) is 11.9. The minimum Gasteiger partial charge on any atom is -0.334 e. The van der Waals surface area contributed by atoms with E-state index >= 15 is 0 Å². The van der Waals surface area contributed by atoms with E-state index in [0.29, 0.717) is 6.54 Å². The first-order valence-electron chi connectivity index (χ1n) is 5.90. The lowest BCUT2D eigenvalue weighted by molar-refractivity contribution is 1.26. The molecule has 2 heterocycles. The van der Waals surface area contributed by atoms with Crippen LogP contribution >= 0.6 is 22.9 Å². The number of benzene rings is 1. The van der Waals surface area contributed by atoms with E-state index in [0.717, 1.165) is 32.0 Å². The molecule has 0 unspecified atom stereocenters. The highest BCUT2D eigenvalue weighted by Gasteiger charge is 2.19. The van der Waals surface area contributed by atoms with Gasteiger partial charge in [-0.25, -0.2) is 0 Å². The van der Waals surface area contributed by atoms with Gasteiger partial charge >= 0.3 is 0 Å². The van der Waals surface area contributed by atoms with Crippen molar-refractivity contribution in [2.24, 2.45) is 9.98 Å². The fraction of sp³-hybridized carbons (Fsp3) is 0.143. The Balaban J connectivity index is 2.15. The number of hydrogen-bond acceptors (Lipinski definition) is 3. The van der Waals surface area contributed by atoms with Crippen LogP contribution in [-0.4, -0.2) is 25.1 Å². The maximum atomic E-state index is 6.13. The number of aliphatic imine (C=N–C) groups is 2. The van der Waals surface area contributed by atoms with Gasteiger partial charge in [-0.3, -0.25) is 9.98 Å². The van der Waals surface area contributed by atoms with Gasteiger partial charge in [0.1, 0.15) is 10.8 Å². The molecule has 3 nitrogen and oxygen atoms in total. The van der Waals surface area contributed by atoms with Crippen molar-refractivity contribution in [1.29, 1.82) is 0 Å². The van der Waals surface area contributed by atoms with E-state index < -0.39 is 0 Å². The van der Waals surface area contributed by atoms with Crippen LogP contribution in [0.1, 0.15) is 11.1 Å². The maximum absolute atomic E-state index is 6.13. The first-order chi connectivity index (χ1) is 9.28. The van der Waals surface area contributed by atoms with E-state index in [2.05, 4.69) is 27.4 Å². The molecule has 1 aromatic heterocycles. The van der Waals surface area contributed by atoms with Gasteiger partial charge < -0.3 is 5.32 Å². The number of amidine groups is 1. The molecule has 0 spiro atoms. The van der Waals surface area contributed by atoms with Crippen molar-refractivity contribution < 1.29 is 0 Å². The molecule has 1 aromatic carbocycles. The van der Waals surface area contributed by atoms with Crippen LogP contribution in [0, 0.1) is 0 Å². The van der Waals surface area contributed by atoms with E-state index in [-0.39, 0.29) is 0 Å². The minimum atomic E-state index is 0.555. The molecule has 0 bridgehead atoms. The van der Waals surface area contributed by atoms with Crippen molar-refractivity contribution in [2.75, 3.05) is 18.9 Å². The van der Waals surface area contributed by atoms with Gasteiger partial charge in [-0.1, -0.05) is 41.9 Å². The molecule has 3 rings (SSSR count). The summed E-state index contributed by atoms with van der Waals surface area (Å²) >= 11 is 7.65. The summed E-state index contributed by atoms with van der Waals surface area (Å²) in [7, 11) is 1.76. The largest absolute Gasteiger partial charge is 0.334 e. The topological polar surface area (TPSA) is 36.8 Å². The molecule has 1 N–H and O–H groups in total. The van der Waals surface area contributed by atoms with E-state index in [1.165, 1.54) is 11.3 Å². The summed E-state index contributed by atoms with van der Waals surface area (Å²) in [5, 5.41) is 4.30. The number of rotatable bonds is 1. The highest BCUT2D eigenvalue weighted by molar-refractivity contribution is 7.20. The second-order valence-corrected chi connectivity index (χ2v) is 5.80. The third kappa shape index (κ3) is 2.41. The summed E-state index contributed by atoms with van der Waals surface area (Å²) in [6, 6.07) is 12.1. The van der Waals surface area contributed by atoms with Crippen LogP contribution in [-0.2, 0) is 0 Å². The molecule has 1 aliphatic rings. The van der Waals surface area contributed by atoms with Gasteiger partial charge in [-0.05, 0) is 6.07 Å². The molecule has 96 valence electrons. The predicted molar refractivity (Wildman–Crippen MR) is 83.3 cm³/mol. The van der Waals surface area contributed by atoms with Gasteiger partial charge in [-0.2, -0.15) is 0 Å². The molecule has 1 aliphatic heterocycles. The molecule has 5 heteroatoms. The monoisotopic (exact) mass is 289 g/mol. The van der Waals surface area contributed by atoms with Crippen molar-refractivity contribution in [3.63, 3.8) is 0 Å². The number of halogens is 1. The van der Waals surface area contributed by atoms with Crippen LogP contribution < -0.4 is 5.32 Å². The smallest absolute Gasteiger partial charge is 0.123 e. The second-order valence-electron chi connectivity index (χ2n) is 4.12. The molecule has 0 aliphatic carbocycles. The minimum absolute atomic E-state index is 0.555. The number of hydrogen-bond donors (Lipinski definition) is 1. The second kappa shape index (κ2) is 5.15. The lowest BCUT2D eigenvalue weighted by Crippen LogP contribution is -2.13. The summed E-state index contributed by atoms with van der Waals surface area (Å²) in [6.07, 6.45) is 0. The number of nitrogens with one attached hydrogen (secondary N) is 1. The first kappa shape index (κ1) is 12.4. The summed E-state index contributed by atoms with van der Waals surface area (Å²) in [6.45, 7) is 0.555. The van der Waals surface area contributed by atoms with Crippen LogP contribution in [0.25, 0.3) is 0 Å². The molecule has 0 fully saturated rings. The van der Waals surface area contributed by atoms with E-state index in [9.17, 15) is 0 Å². The van der Waals surface area contributed by atoms with Gasteiger partial charge in [0.25, 0.3) is 0 Å². The van der Waals surface area contributed by atoms with E-state index in [1.807, 2.05) is 24.3 Å². The van der Waals surface area contributed by atoms with Crippen LogP contribution in [0.3, 0.4) is 0 Å². The molecule has 0 saturated carbocycles. The number of nitrogens with zero attached hydrogens (tertiary/aromatic N) is 2. The Morgan fingerprint density at radius 3 is 2.84 bits per heavy atom. The molecule has 19 heavy (non-hydrogen) atoms. The summed E-state index contributed by atoms with van der Waals surface area (Å²) in [4.78, 5) is 8.88. The van der Waals surface area contributed by atoms with Gasteiger partial charge in [-0.15, -0.1) is 11.3 Å². The fourth-order valence-electron chi connectivity index (χ4n) is 2.01. The van der Waals surface area contributed by atoms with Gasteiger partial charge in [0.15, 0.2) is 0 Å². The molecule has 2 aromatic rings. The highest BCUT2D eigenvalue weighted by atomic mass is 35.5. The fourth-order valence-corrected chi connectivity index (χ4v) is 3.16. The predicted octanol–water partition coefficient (Wildman–Crippen LogP) is 3.69. The normalized spacial score (nSPS) is 16.5. The third-order valence-electron chi connectivity index (χ3n) is 2.92. The van der Waals surface area contributed by atoms with E-state index in [4.69, 9.17) is 11.6 Å². The average molecular weight is 290 g/mol. The summed E-state index contributed by atoms with van der Waals surface area (Å²) in [5.74, 6) is 0.852. The van der Waals surface area contributed by atoms with Crippen molar-refractivity contribution in [3.05, 3.63) is 51.9 Å². The Bertz CT molecular complexity index is 659. The standard InChI is InChI=1S/C14H12ClN3S/c1-16-12-8-17-13(9-5-3-2-4-6-9)10-7-11(15)19-14(10)18-12/h2-7H,8H2,1H3,(H,16,18). The SMILES string of the molecule is CN=C1CN=C(c2ccccc2)c2cc(Cl)sc2N1. The number of fused-ring (bicyclic) bond motifs is 1. The Kier molecular flexibility index (Phi) is 3.36. The zero-order chi connectivity index (χ0) is 13.2. The maximum Gasteiger partial charge on any atom is 0.123 e. The molecular formula is C14H12ClN3S. The van der Waals surface area contributed by atoms with Crippen LogP contribution in [0.15, 0.2) is 46.4 Å². The van der Waals surface area contributed by atoms with Crippen LogP contribution in [0.5, 0.6) is 0 Å². The summed E-state index contributed by atoms with van der Waals surface area (Å²) < 4.78 is 0.749. The molecular weight excluding hydrogens is 278 g/mol. The quantitative estimate of drug-likeness (QED) is 0.854. The van der Waals surface area contributed by atoms with Gasteiger partial charge in [0, 0.05) is 18.2 Å². The van der Waals surface area contributed by atoms with Crippen molar-refractivity contribution >= 4 is 39.5 Å². The Morgan fingerprint density at radius 2 is 2.11 bits per heavy atom. The number of anilines is 1. The zero-order valence-electron chi connectivity index (χ0n) is 10.4. The van der Waals surface area contributed by atoms with Crippen molar-refractivity contribution in [3.8, 4) is 0 Å². The molecule has 0 saturated heterocycles. The number of thiophene rings is 1. The van der Waals surface area contributed by atoms with Crippen LogP contribution in [0.2, 0.25) is 4.34 Å². The Labute approximate surface area is 120 Å². The molecule has 0 atom stereocenters. The summed E-state index contributed by atoms with van der Waals surface area (Å²) in [5.41, 5.74) is 3.10. The van der Waals surface area contributed by atoms with Crippen molar-refractivity contribution in [2.45, 2.75) is 0 Å². The first-order valence-corrected chi connectivity index (χ1v) is 7.09. The molecule has 0 amide bonds. The van der Waals surface area contributed by atoms with Gasteiger partial charge in [0.2, 0.25) is 0 Å². The average Bonchev–Trinajstić information content (AvgIpc) is 2.70. The third-order valence-corrected chi connectivity index (χ3v) is 4.10.